The van der Waals surface area contributed by atoms with Crippen molar-refractivity contribution >= 4 is 51.7 Å². The molecule has 162 valence electrons. The number of carbonyl (C=O) groups excluding carboxylic acids is 2. The zero-order chi connectivity index (χ0) is 21.8. The average molecular weight is 531 g/mol. The molecular formula is C23H26IN5O2. The largest absolute Gasteiger partial charge is 0.356 e. The summed E-state index contributed by atoms with van der Waals surface area (Å²) < 4.78 is 1.01. The molecule has 0 radical (unpaired) electrons. The third kappa shape index (κ3) is 5.00. The van der Waals surface area contributed by atoms with E-state index in [1.807, 2.05) is 48.5 Å². The average Bonchev–Trinajstić information content (AvgIpc) is 3.09. The Morgan fingerprint density at radius 1 is 1.06 bits per heavy atom. The molecule has 2 aromatic rings. The van der Waals surface area contributed by atoms with Crippen LogP contribution < -0.4 is 15.5 Å². The van der Waals surface area contributed by atoms with Gasteiger partial charge in [-0.05, 0) is 65.8 Å². The van der Waals surface area contributed by atoms with Crippen LogP contribution in [-0.4, -0.2) is 49.0 Å². The van der Waals surface area contributed by atoms with Crippen LogP contribution in [0.1, 0.15) is 31.2 Å². The number of likely N-dealkylation sites (N-methyl/N-ethyl adjacent to an activating group) is 1. The van der Waals surface area contributed by atoms with E-state index in [-0.39, 0.29) is 5.91 Å². The number of likely N-dealkylation sites (tertiary alicyclic amines) is 1. The molecule has 2 N–H and O–H groups in total. The van der Waals surface area contributed by atoms with E-state index in [1.165, 1.54) is 12.8 Å². The van der Waals surface area contributed by atoms with Gasteiger partial charge in [0.05, 0.1) is 5.69 Å². The number of benzodiazepines with no additional fused rings is 1. The van der Waals surface area contributed by atoms with Crippen LogP contribution in [0.4, 0.5) is 16.2 Å². The molecular weight excluding hydrogens is 505 g/mol. The molecule has 0 bridgehead atoms. The summed E-state index contributed by atoms with van der Waals surface area (Å²) >= 11 is 2.19. The molecule has 1 unspecified atom stereocenters. The van der Waals surface area contributed by atoms with E-state index >= 15 is 0 Å². The SMILES string of the molecule is CN1C(=O)C(NC(=O)Nc2cccc(I)c2)N=C(N2CCCCCC2)c2ccccc21. The van der Waals surface area contributed by atoms with Crippen LogP contribution in [0.15, 0.2) is 53.5 Å². The number of para-hydroxylation sites is 1. The van der Waals surface area contributed by atoms with Gasteiger partial charge in [-0.25, -0.2) is 9.79 Å². The number of aliphatic imine (C=N–C) groups is 1. The monoisotopic (exact) mass is 531 g/mol. The number of nitrogens with one attached hydrogen (secondary N) is 2. The smallest absolute Gasteiger partial charge is 0.321 e. The molecule has 0 spiro atoms. The molecule has 1 fully saturated rings. The summed E-state index contributed by atoms with van der Waals surface area (Å²) in [5.41, 5.74) is 2.39. The van der Waals surface area contributed by atoms with Gasteiger partial charge in [-0.1, -0.05) is 31.0 Å². The van der Waals surface area contributed by atoms with Gasteiger partial charge in [0, 0.05) is 35.0 Å². The molecule has 2 aliphatic heterocycles. The van der Waals surface area contributed by atoms with Crippen LogP contribution in [0.25, 0.3) is 0 Å². The van der Waals surface area contributed by atoms with Crippen molar-refractivity contribution in [2.75, 3.05) is 30.4 Å². The van der Waals surface area contributed by atoms with Crippen molar-refractivity contribution in [1.29, 1.82) is 0 Å². The standard InChI is InChI=1S/C23H26IN5O2/c1-28-19-12-5-4-11-18(19)21(29-13-6-2-3-7-14-29)26-20(22(28)30)27-23(31)25-17-10-8-9-16(24)15-17/h4-5,8-12,15,20H,2-3,6-7,13-14H2,1H3,(H2,25,27,31). The first kappa shape index (κ1) is 21.6. The lowest BCUT2D eigenvalue weighted by Crippen LogP contribution is -2.47. The van der Waals surface area contributed by atoms with E-state index in [1.54, 1.807) is 11.9 Å². The Morgan fingerprint density at radius 2 is 1.81 bits per heavy atom. The number of amidine groups is 1. The lowest BCUT2D eigenvalue weighted by atomic mass is 10.1. The first-order valence-corrected chi connectivity index (χ1v) is 11.6. The summed E-state index contributed by atoms with van der Waals surface area (Å²) in [5.74, 6) is 0.504. The highest BCUT2D eigenvalue weighted by atomic mass is 127. The fraction of sp³-hybridized carbons (Fsp3) is 0.348. The normalized spacial score (nSPS) is 19.1. The number of nitrogens with zero attached hydrogens (tertiary/aromatic N) is 3. The zero-order valence-electron chi connectivity index (χ0n) is 17.5. The summed E-state index contributed by atoms with van der Waals surface area (Å²) in [6.45, 7) is 1.79. The molecule has 3 amide bonds. The van der Waals surface area contributed by atoms with Crippen molar-refractivity contribution in [2.24, 2.45) is 4.99 Å². The molecule has 0 aliphatic carbocycles. The number of urea groups is 1. The number of benzene rings is 2. The highest BCUT2D eigenvalue weighted by Crippen LogP contribution is 2.27. The maximum absolute atomic E-state index is 13.2. The Hall–Kier alpha value is -2.62. The van der Waals surface area contributed by atoms with Crippen LogP contribution in [0.5, 0.6) is 0 Å². The number of hydrogen-bond acceptors (Lipinski definition) is 4. The van der Waals surface area contributed by atoms with E-state index in [2.05, 4.69) is 38.1 Å². The second kappa shape index (κ2) is 9.67. The second-order valence-corrected chi connectivity index (χ2v) is 9.03. The summed E-state index contributed by atoms with van der Waals surface area (Å²) in [6, 6.07) is 14.8. The predicted octanol–water partition coefficient (Wildman–Crippen LogP) is 4.04. The van der Waals surface area contributed by atoms with Crippen molar-refractivity contribution in [3.05, 3.63) is 57.7 Å². The number of fused-ring (bicyclic) bond motifs is 1. The third-order valence-corrected chi connectivity index (χ3v) is 6.25. The Balaban J connectivity index is 1.64. The van der Waals surface area contributed by atoms with E-state index in [0.717, 1.165) is 46.6 Å². The molecule has 4 rings (SSSR count). The van der Waals surface area contributed by atoms with Gasteiger partial charge in [-0.3, -0.25) is 4.79 Å². The molecule has 2 aromatic carbocycles. The minimum atomic E-state index is -1.00. The van der Waals surface area contributed by atoms with Gasteiger partial charge in [-0.2, -0.15) is 0 Å². The van der Waals surface area contributed by atoms with Gasteiger partial charge in [0.15, 0.2) is 0 Å². The Bertz CT molecular complexity index is 1000. The lowest BCUT2D eigenvalue weighted by Gasteiger charge is -2.25. The van der Waals surface area contributed by atoms with Crippen LogP contribution in [0.3, 0.4) is 0 Å². The summed E-state index contributed by atoms with van der Waals surface area (Å²) in [4.78, 5) is 34.5. The number of anilines is 2. The van der Waals surface area contributed by atoms with Gasteiger partial charge < -0.3 is 20.4 Å². The third-order valence-electron chi connectivity index (χ3n) is 5.58. The van der Waals surface area contributed by atoms with E-state index < -0.39 is 12.2 Å². The van der Waals surface area contributed by atoms with Crippen LogP contribution in [-0.2, 0) is 4.79 Å². The molecule has 7 nitrogen and oxygen atoms in total. The molecule has 1 atom stereocenters. The lowest BCUT2D eigenvalue weighted by molar-refractivity contribution is -0.119. The maximum atomic E-state index is 13.2. The van der Waals surface area contributed by atoms with Crippen molar-refractivity contribution in [2.45, 2.75) is 31.8 Å². The van der Waals surface area contributed by atoms with Crippen molar-refractivity contribution in [1.82, 2.24) is 10.2 Å². The molecule has 8 heteroatoms. The second-order valence-electron chi connectivity index (χ2n) is 7.78. The number of rotatable bonds is 2. The number of carbonyl (C=O) groups is 2. The van der Waals surface area contributed by atoms with Crippen molar-refractivity contribution in [3.63, 3.8) is 0 Å². The van der Waals surface area contributed by atoms with Crippen molar-refractivity contribution < 1.29 is 9.59 Å². The van der Waals surface area contributed by atoms with Gasteiger partial charge >= 0.3 is 6.03 Å². The Labute approximate surface area is 196 Å². The van der Waals surface area contributed by atoms with Crippen LogP contribution in [0, 0.1) is 3.57 Å². The number of amides is 3. The van der Waals surface area contributed by atoms with Gasteiger partial charge in [0.1, 0.15) is 5.84 Å². The van der Waals surface area contributed by atoms with Crippen LogP contribution >= 0.6 is 22.6 Å². The van der Waals surface area contributed by atoms with Crippen molar-refractivity contribution in [3.8, 4) is 0 Å². The quantitative estimate of drug-likeness (QED) is 0.575. The molecule has 31 heavy (non-hydrogen) atoms. The van der Waals surface area contributed by atoms with E-state index in [9.17, 15) is 9.59 Å². The van der Waals surface area contributed by atoms with E-state index in [4.69, 9.17) is 4.99 Å². The Kier molecular flexibility index (Phi) is 6.74. The summed E-state index contributed by atoms with van der Waals surface area (Å²) in [6.07, 6.45) is 3.58. The van der Waals surface area contributed by atoms with Crippen LogP contribution in [0.2, 0.25) is 0 Å². The molecule has 2 heterocycles. The highest BCUT2D eigenvalue weighted by molar-refractivity contribution is 14.1. The van der Waals surface area contributed by atoms with E-state index in [0.29, 0.717) is 5.69 Å². The van der Waals surface area contributed by atoms with Gasteiger partial charge in [-0.15, -0.1) is 0 Å². The number of halogens is 1. The predicted molar refractivity (Wildman–Crippen MR) is 132 cm³/mol. The van der Waals surface area contributed by atoms with Gasteiger partial charge in [0.25, 0.3) is 5.91 Å². The molecule has 0 aromatic heterocycles. The summed E-state index contributed by atoms with van der Waals surface area (Å²) in [5, 5.41) is 5.57. The first-order valence-electron chi connectivity index (χ1n) is 10.6. The molecule has 2 aliphatic rings. The maximum Gasteiger partial charge on any atom is 0.321 e. The zero-order valence-corrected chi connectivity index (χ0v) is 19.6. The first-order chi connectivity index (χ1) is 15.0. The Morgan fingerprint density at radius 3 is 2.55 bits per heavy atom. The minimum absolute atomic E-state index is 0.268. The number of hydrogen-bond donors (Lipinski definition) is 2. The topological polar surface area (TPSA) is 77.0 Å². The fourth-order valence-electron chi connectivity index (χ4n) is 3.99. The highest BCUT2D eigenvalue weighted by Gasteiger charge is 2.32. The minimum Gasteiger partial charge on any atom is -0.356 e. The molecule has 0 saturated carbocycles. The molecule has 1 saturated heterocycles. The summed E-state index contributed by atoms with van der Waals surface area (Å²) in [7, 11) is 1.73. The van der Waals surface area contributed by atoms with Gasteiger partial charge in [0.2, 0.25) is 6.17 Å². The fourth-order valence-corrected chi connectivity index (χ4v) is 4.53.